The lowest BCUT2D eigenvalue weighted by Crippen LogP contribution is -1.97. The van der Waals surface area contributed by atoms with Crippen LogP contribution in [-0.4, -0.2) is 34.4 Å². The number of nitriles is 1. The molecule has 0 aromatic carbocycles. The lowest BCUT2D eigenvalue weighted by Gasteiger charge is -2.05. The quantitative estimate of drug-likeness (QED) is 0.508. The fourth-order valence-electron chi connectivity index (χ4n) is 3.20. The molecule has 0 atom stereocenters. The molecule has 0 aliphatic rings. The number of aromatic nitrogens is 6. The SMILES string of the molecule is N#CCn1cc(-n2c(-c3ccc(CO)o3)nc3cnc4[nH]ccc4c32)cn1. The Kier molecular flexibility index (Phi) is 3.31. The topological polar surface area (TPSA) is 121 Å². The Bertz CT molecular complexity index is 1310. The average molecular weight is 359 g/mol. The van der Waals surface area contributed by atoms with Gasteiger partial charge >= 0.3 is 0 Å². The highest BCUT2D eigenvalue weighted by molar-refractivity contribution is 6.03. The van der Waals surface area contributed by atoms with Crippen molar-refractivity contribution < 1.29 is 9.52 Å². The third-order valence-electron chi connectivity index (χ3n) is 4.35. The summed E-state index contributed by atoms with van der Waals surface area (Å²) in [6.45, 7) is -0.0392. The number of pyridine rings is 1. The fourth-order valence-corrected chi connectivity index (χ4v) is 3.20. The van der Waals surface area contributed by atoms with Gasteiger partial charge in [-0.15, -0.1) is 0 Å². The Morgan fingerprint density at radius 3 is 3.00 bits per heavy atom. The highest BCUT2D eigenvalue weighted by Gasteiger charge is 2.20. The standard InChI is InChI=1S/C18H13N7O2/c19-4-6-24-9-11(7-22-24)25-16-13-3-5-20-17(13)21-8-14(16)23-18(25)15-2-1-12(10-26)27-15/h1-3,5,7-9,26H,6,10H2,(H,20,21). The Morgan fingerprint density at radius 1 is 1.26 bits per heavy atom. The number of nitrogens with zero attached hydrogens (tertiary/aromatic N) is 6. The molecule has 27 heavy (non-hydrogen) atoms. The van der Waals surface area contributed by atoms with Crippen LogP contribution in [0.15, 0.2) is 47.4 Å². The number of H-pyrrole nitrogens is 1. The minimum atomic E-state index is -0.191. The van der Waals surface area contributed by atoms with E-state index in [-0.39, 0.29) is 13.2 Å². The van der Waals surface area contributed by atoms with Crippen LogP contribution in [-0.2, 0) is 13.2 Å². The van der Waals surface area contributed by atoms with Gasteiger partial charge in [-0.2, -0.15) is 10.4 Å². The number of hydrogen-bond acceptors (Lipinski definition) is 6. The molecule has 9 heteroatoms. The van der Waals surface area contributed by atoms with E-state index in [2.05, 4.69) is 21.1 Å². The summed E-state index contributed by atoms with van der Waals surface area (Å²) in [5.41, 5.74) is 3.05. The second kappa shape index (κ2) is 5.82. The number of fused-ring (bicyclic) bond motifs is 3. The van der Waals surface area contributed by atoms with Gasteiger partial charge in [-0.05, 0) is 18.2 Å². The van der Waals surface area contributed by atoms with Gasteiger partial charge in [0.2, 0.25) is 0 Å². The second-order valence-electron chi connectivity index (χ2n) is 5.98. The van der Waals surface area contributed by atoms with Gasteiger partial charge in [0.1, 0.15) is 30.1 Å². The van der Waals surface area contributed by atoms with Gasteiger partial charge in [0, 0.05) is 11.6 Å². The predicted molar refractivity (Wildman–Crippen MR) is 95.7 cm³/mol. The van der Waals surface area contributed by atoms with Gasteiger partial charge in [-0.25, -0.2) is 9.97 Å². The molecule has 0 fully saturated rings. The molecule has 5 aromatic rings. The van der Waals surface area contributed by atoms with Crippen LogP contribution >= 0.6 is 0 Å². The monoisotopic (exact) mass is 359 g/mol. The normalized spacial score (nSPS) is 11.4. The van der Waals surface area contributed by atoms with E-state index < -0.39 is 0 Å². The summed E-state index contributed by atoms with van der Waals surface area (Å²) in [4.78, 5) is 12.2. The van der Waals surface area contributed by atoms with E-state index in [0.29, 0.717) is 22.9 Å². The number of nitrogens with one attached hydrogen (secondary N) is 1. The van der Waals surface area contributed by atoms with Crippen LogP contribution in [0.3, 0.4) is 0 Å². The summed E-state index contributed by atoms with van der Waals surface area (Å²) in [6.07, 6.45) is 6.98. The molecule has 5 rings (SSSR count). The molecule has 0 saturated carbocycles. The summed E-state index contributed by atoms with van der Waals surface area (Å²) >= 11 is 0. The Morgan fingerprint density at radius 2 is 2.19 bits per heavy atom. The number of rotatable bonds is 4. The van der Waals surface area contributed by atoms with Crippen LogP contribution in [0.5, 0.6) is 0 Å². The highest BCUT2D eigenvalue weighted by atomic mass is 16.4. The average Bonchev–Trinajstić information content (AvgIpc) is 3.44. The van der Waals surface area contributed by atoms with Crippen molar-refractivity contribution in [2.45, 2.75) is 13.2 Å². The molecule has 0 amide bonds. The molecule has 0 radical (unpaired) electrons. The molecule has 0 aliphatic carbocycles. The van der Waals surface area contributed by atoms with Crippen LogP contribution in [0, 0.1) is 11.3 Å². The Hall–Kier alpha value is -3.90. The molecule has 0 saturated heterocycles. The van der Waals surface area contributed by atoms with Crippen molar-refractivity contribution >= 4 is 22.1 Å². The van der Waals surface area contributed by atoms with Gasteiger partial charge in [0.15, 0.2) is 11.6 Å². The third-order valence-corrected chi connectivity index (χ3v) is 4.35. The van der Waals surface area contributed by atoms with Gasteiger partial charge in [0.05, 0.1) is 35.9 Å². The van der Waals surface area contributed by atoms with Crippen molar-refractivity contribution in [2.24, 2.45) is 0 Å². The lowest BCUT2D eigenvalue weighted by atomic mass is 10.3. The number of furan rings is 1. The Labute approximate surface area is 152 Å². The maximum atomic E-state index is 9.32. The minimum Gasteiger partial charge on any atom is -0.455 e. The molecule has 0 bridgehead atoms. The zero-order valence-corrected chi connectivity index (χ0v) is 14.0. The third kappa shape index (κ3) is 2.32. The number of imidazole rings is 1. The first-order chi connectivity index (χ1) is 13.3. The maximum absolute atomic E-state index is 9.32. The van der Waals surface area contributed by atoms with Crippen molar-refractivity contribution in [3.05, 3.63) is 48.7 Å². The molecule has 0 unspecified atom stereocenters. The predicted octanol–water partition coefficient (Wildman–Crippen LogP) is 2.37. The first kappa shape index (κ1) is 15.4. The lowest BCUT2D eigenvalue weighted by molar-refractivity contribution is 0.248. The van der Waals surface area contributed by atoms with Crippen molar-refractivity contribution in [1.82, 2.24) is 29.3 Å². The van der Waals surface area contributed by atoms with Gasteiger partial charge < -0.3 is 14.5 Å². The summed E-state index contributed by atoms with van der Waals surface area (Å²) in [6, 6.07) is 7.49. The number of aliphatic hydroxyl groups is 1. The van der Waals surface area contributed by atoms with E-state index in [9.17, 15) is 5.11 Å². The second-order valence-corrected chi connectivity index (χ2v) is 5.98. The molecule has 2 N–H and O–H groups in total. The maximum Gasteiger partial charge on any atom is 0.182 e. The van der Waals surface area contributed by atoms with Crippen LogP contribution in [0.4, 0.5) is 0 Å². The molecule has 132 valence electrons. The molecule has 5 aromatic heterocycles. The summed E-state index contributed by atoms with van der Waals surface area (Å²) < 4.78 is 9.20. The van der Waals surface area contributed by atoms with Crippen LogP contribution in [0.1, 0.15) is 5.76 Å². The first-order valence-electron chi connectivity index (χ1n) is 8.23. The van der Waals surface area contributed by atoms with Crippen LogP contribution in [0.25, 0.3) is 39.3 Å². The first-order valence-corrected chi connectivity index (χ1v) is 8.23. The number of hydrogen-bond donors (Lipinski definition) is 2. The summed E-state index contributed by atoms with van der Waals surface area (Å²) in [5, 5.41) is 23.4. The van der Waals surface area contributed by atoms with E-state index in [1.807, 2.05) is 16.8 Å². The number of aliphatic hydroxyl groups excluding tert-OH is 1. The van der Waals surface area contributed by atoms with Crippen LogP contribution in [0.2, 0.25) is 0 Å². The largest absolute Gasteiger partial charge is 0.455 e. The van der Waals surface area contributed by atoms with E-state index in [4.69, 9.17) is 14.7 Å². The zero-order valence-electron chi connectivity index (χ0n) is 14.0. The van der Waals surface area contributed by atoms with E-state index >= 15 is 0 Å². The van der Waals surface area contributed by atoms with Crippen molar-refractivity contribution in [3.8, 4) is 23.3 Å². The van der Waals surface area contributed by atoms with Gasteiger partial charge in [0.25, 0.3) is 0 Å². The van der Waals surface area contributed by atoms with Gasteiger partial charge in [-0.1, -0.05) is 0 Å². The van der Waals surface area contributed by atoms with E-state index in [0.717, 1.165) is 22.2 Å². The molecule has 0 spiro atoms. The zero-order chi connectivity index (χ0) is 18.4. The summed E-state index contributed by atoms with van der Waals surface area (Å²) in [5.74, 6) is 1.54. The number of aromatic amines is 1. The molecule has 0 aliphatic heterocycles. The van der Waals surface area contributed by atoms with E-state index in [1.165, 1.54) is 0 Å². The van der Waals surface area contributed by atoms with Gasteiger partial charge in [-0.3, -0.25) is 9.25 Å². The fraction of sp³-hybridized carbons (Fsp3) is 0.111. The molecule has 5 heterocycles. The van der Waals surface area contributed by atoms with E-state index in [1.54, 1.807) is 35.4 Å². The van der Waals surface area contributed by atoms with Crippen molar-refractivity contribution in [1.29, 1.82) is 5.26 Å². The smallest absolute Gasteiger partial charge is 0.182 e. The minimum absolute atomic E-state index is 0.151. The van der Waals surface area contributed by atoms with Crippen molar-refractivity contribution in [2.75, 3.05) is 0 Å². The molecular weight excluding hydrogens is 346 g/mol. The van der Waals surface area contributed by atoms with Crippen LogP contribution < -0.4 is 0 Å². The summed E-state index contributed by atoms with van der Waals surface area (Å²) in [7, 11) is 0. The molecule has 9 nitrogen and oxygen atoms in total. The highest BCUT2D eigenvalue weighted by Crippen LogP contribution is 2.32. The Balaban J connectivity index is 1.84. The van der Waals surface area contributed by atoms with Crippen molar-refractivity contribution in [3.63, 3.8) is 0 Å². The molecular formula is C18H13N7O2.